The number of esters is 1. The standard InChI is InChI=1S/C8H13N3O2S/c1-4-11(5-7(12)13-3)8-10-9-6(2)14-8/h4-5H2,1-3H3. The van der Waals surface area contributed by atoms with Crippen LogP contribution in [0.5, 0.6) is 0 Å². The largest absolute Gasteiger partial charge is 0.468 e. The molecule has 0 unspecified atom stereocenters. The number of anilines is 1. The number of ether oxygens (including phenoxy) is 1. The van der Waals surface area contributed by atoms with E-state index in [2.05, 4.69) is 14.9 Å². The van der Waals surface area contributed by atoms with Crippen molar-refractivity contribution in [3.8, 4) is 0 Å². The smallest absolute Gasteiger partial charge is 0.325 e. The molecule has 0 radical (unpaired) electrons. The van der Waals surface area contributed by atoms with Crippen LogP contribution in [0, 0.1) is 6.92 Å². The number of hydrogen-bond donors (Lipinski definition) is 0. The van der Waals surface area contributed by atoms with E-state index >= 15 is 0 Å². The van der Waals surface area contributed by atoms with Gasteiger partial charge in [-0.1, -0.05) is 11.3 Å². The Kier molecular flexibility index (Phi) is 3.82. The first-order valence-corrected chi connectivity index (χ1v) is 5.11. The zero-order valence-corrected chi connectivity index (χ0v) is 9.30. The lowest BCUT2D eigenvalue weighted by atomic mass is 10.5. The van der Waals surface area contributed by atoms with E-state index in [9.17, 15) is 4.79 Å². The molecule has 5 nitrogen and oxygen atoms in total. The Morgan fingerprint density at radius 3 is 2.71 bits per heavy atom. The monoisotopic (exact) mass is 215 g/mol. The van der Waals surface area contributed by atoms with E-state index in [-0.39, 0.29) is 12.5 Å². The molecule has 78 valence electrons. The molecule has 1 aromatic rings. The van der Waals surface area contributed by atoms with Crippen LogP contribution < -0.4 is 4.90 Å². The van der Waals surface area contributed by atoms with E-state index in [1.54, 1.807) is 0 Å². The summed E-state index contributed by atoms with van der Waals surface area (Å²) in [4.78, 5) is 12.9. The minimum Gasteiger partial charge on any atom is -0.468 e. The van der Waals surface area contributed by atoms with Gasteiger partial charge in [0.2, 0.25) is 5.13 Å². The molecule has 0 fully saturated rings. The second-order valence-corrected chi connectivity index (χ2v) is 3.85. The maximum atomic E-state index is 11.1. The number of carbonyl (C=O) groups is 1. The summed E-state index contributed by atoms with van der Waals surface area (Å²) in [7, 11) is 1.38. The van der Waals surface area contributed by atoms with E-state index in [4.69, 9.17) is 0 Å². The molecule has 0 amide bonds. The van der Waals surface area contributed by atoms with Crippen molar-refractivity contribution in [1.29, 1.82) is 0 Å². The average molecular weight is 215 g/mol. The van der Waals surface area contributed by atoms with Gasteiger partial charge in [-0.3, -0.25) is 4.79 Å². The molecule has 0 aliphatic carbocycles. The normalized spacial score (nSPS) is 9.93. The minimum atomic E-state index is -0.264. The van der Waals surface area contributed by atoms with E-state index in [1.807, 2.05) is 18.7 Å². The Labute approximate surface area is 86.7 Å². The molecule has 0 saturated heterocycles. The summed E-state index contributed by atoms with van der Waals surface area (Å²) in [6.07, 6.45) is 0. The lowest BCUT2D eigenvalue weighted by Gasteiger charge is -2.16. The summed E-state index contributed by atoms with van der Waals surface area (Å²) in [6.45, 7) is 4.78. The number of hydrogen-bond acceptors (Lipinski definition) is 6. The van der Waals surface area contributed by atoms with Crippen LogP contribution in [0.1, 0.15) is 11.9 Å². The van der Waals surface area contributed by atoms with Gasteiger partial charge in [-0.2, -0.15) is 0 Å². The highest BCUT2D eigenvalue weighted by molar-refractivity contribution is 7.15. The van der Waals surface area contributed by atoms with Crippen LogP contribution >= 0.6 is 11.3 Å². The van der Waals surface area contributed by atoms with Gasteiger partial charge >= 0.3 is 5.97 Å². The second kappa shape index (κ2) is 4.90. The molecule has 0 aliphatic rings. The molecule has 1 heterocycles. The molecular formula is C8H13N3O2S. The van der Waals surface area contributed by atoms with E-state index in [0.29, 0.717) is 6.54 Å². The summed E-state index contributed by atoms with van der Waals surface area (Å²) in [6, 6.07) is 0. The zero-order valence-electron chi connectivity index (χ0n) is 8.48. The number of likely N-dealkylation sites (N-methyl/N-ethyl adjacent to an activating group) is 1. The molecule has 1 rings (SSSR count). The van der Waals surface area contributed by atoms with Gasteiger partial charge in [0.15, 0.2) is 0 Å². The summed E-state index contributed by atoms with van der Waals surface area (Å²) in [5, 5.41) is 9.51. The summed E-state index contributed by atoms with van der Waals surface area (Å²) in [5.41, 5.74) is 0. The Morgan fingerprint density at radius 2 is 2.29 bits per heavy atom. The molecule has 6 heteroatoms. The number of nitrogens with zero attached hydrogens (tertiary/aromatic N) is 3. The van der Waals surface area contributed by atoms with Gasteiger partial charge in [-0.05, 0) is 13.8 Å². The molecule has 0 atom stereocenters. The lowest BCUT2D eigenvalue weighted by molar-refractivity contribution is -0.138. The number of methoxy groups -OCH3 is 1. The Balaban J connectivity index is 2.67. The van der Waals surface area contributed by atoms with Gasteiger partial charge in [0.1, 0.15) is 11.6 Å². The van der Waals surface area contributed by atoms with Crippen LogP contribution in [0.3, 0.4) is 0 Å². The molecule has 0 saturated carbocycles. The zero-order chi connectivity index (χ0) is 10.6. The van der Waals surface area contributed by atoms with Crippen molar-refractivity contribution < 1.29 is 9.53 Å². The highest BCUT2D eigenvalue weighted by atomic mass is 32.1. The van der Waals surface area contributed by atoms with Gasteiger partial charge in [0, 0.05) is 6.54 Å². The van der Waals surface area contributed by atoms with Crippen molar-refractivity contribution in [2.45, 2.75) is 13.8 Å². The van der Waals surface area contributed by atoms with E-state index < -0.39 is 0 Å². The summed E-state index contributed by atoms with van der Waals surface area (Å²) in [5.74, 6) is -0.264. The highest BCUT2D eigenvalue weighted by Gasteiger charge is 2.13. The summed E-state index contributed by atoms with van der Waals surface area (Å²) >= 11 is 1.47. The SMILES string of the molecule is CCN(CC(=O)OC)c1nnc(C)s1. The Bertz CT molecular complexity index is 313. The molecule has 1 aromatic heterocycles. The fourth-order valence-corrected chi connectivity index (χ4v) is 1.70. The fraction of sp³-hybridized carbons (Fsp3) is 0.625. The predicted octanol–water partition coefficient (Wildman–Crippen LogP) is 0.846. The van der Waals surface area contributed by atoms with Crippen LogP contribution in [0.4, 0.5) is 5.13 Å². The molecular weight excluding hydrogens is 202 g/mol. The molecule has 14 heavy (non-hydrogen) atoms. The number of carbonyl (C=O) groups excluding carboxylic acids is 1. The quantitative estimate of drug-likeness (QED) is 0.697. The van der Waals surface area contributed by atoms with Gasteiger partial charge in [0.05, 0.1) is 7.11 Å². The van der Waals surface area contributed by atoms with Crippen molar-refractivity contribution in [2.75, 3.05) is 25.1 Å². The van der Waals surface area contributed by atoms with Gasteiger partial charge in [-0.15, -0.1) is 10.2 Å². The maximum Gasteiger partial charge on any atom is 0.325 e. The first-order valence-electron chi connectivity index (χ1n) is 4.29. The van der Waals surface area contributed by atoms with Crippen molar-refractivity contribution in [1.82, 2.24) is 10.2 Å². The van der Waals surface area contributed by atoms with Gasteiger partial charge < -0.3 is 9.64 Å². The van der Waals surface area contributed by atoms with Crippen molar-refractivity contribution in [2.24, 2.45) is 0 Å². The number of rotatable bonds is 4. The third kappa shape index (κ3) is 2.66. The molecule has 0 aliphatic heterocycles. The molecule has 0 aromatic carbocycles. The average Bonchev–Trinajstić information content (AvgIpc) is 2.60. The first-order chi connectivity index (χ1) is 6.67. The predicted molar refractivity (Wildman–Crippen MR) is 54.5 cm³/mol. The maximum absolute atomic E-state index is 11.1. The molecule has 0 spiro atoms. The van der Waals surface area contributed by atoms with Crippen LogP contribution in [0.2, 0.25) is 0 Å². The minimum absolute atomic E-state index is 0.224. The number of aromatic nitrogens is 2. The van der Waals surface area contributed by atoms with Gasteiger partial charge in [0.25, 0.3) is 0 Å². The van der Waals surface area contributed by atoms with Crippen molar-refractivity contribution in [3.63, 3.8) is 0 Å². The number of aryl methyl sites for hydroxylation is 1. The first kappa shape index (κ1) is 10.9. The van der Waals surface area contributed by atoms with E-state index in [0.717, 1.165) is 10.1 Å². The third-order valence-corrected chi connectivity index (χ3v) is 2.61. The topological polar surface area (TPSA) is 55.3 Å². The van der Waals surface area contributed by atoms with Crippen molar-refractivity contribution >= 4 is 22.4 Å². The van der Waals surface area contributed by atoms with Gasteiger partial charge in [-0.25, -0.2) is 0 Å². The highest BCUT2D eigenvalue weighted by Crippen LogP contribution is 2.18. The Morgan fingerprint density at radius 1 is 1.57 bits per heavy atom. The lowest BCUT2D eigenvalue weighted by Crippen LogP contribution is -2.30. The van der Waals surface area contributed by atoms with Crippen LogP contribution in [-0.2, 0) is 9.53 Å². The van der Waals surface area contributed by atoms with E-state index in [1.165, 1.54) is 18.4 Å². The van der Waals surface area contributed by atoms with Crippen LogP contribution in [0.25, 0.3) is 0 Å². The summed E-state index contributed by atoms with van der Waals surface area (Å²) < 4.78 is 4.59. The molecule has 0 N–H and O–H groups in total. The third-order valence-electron chi connectivity index (χ3n) is 1.72. The molecule has 0 bridgehead atoms. The van der Waals surface area contributed by atoms with Crippen molar-refractivity contribution in [3.05, 3.63) is 5.01 Å². The fourth-order valence-electron chi connectivity index (χ4n) is 0.949. The van der Waals surface area contributed by atoms with Crippen LogP contribution in [-0.4, -0.2) is 36.4 Å². The Hall–Kier alpha value is -1.17. The second-order valence-electron chi connectivity index (χ2n) is 2.69. The van der Waals surface area contributed by atoms with Crippen LogP contribution in [0.15, 0.2) is 0 Å².